The van der Waals surface area contributed by atoms with Crippen LogP contribution in [0.5, 0.6) is 5.75 Å². The van der Waals surface area contributed by atoms with Crippen molar-refractivity contribution in [2.24, 2.45) is 0 Å². The molecule has 0 saturated carbocycles. The molecule has 4 aromatic carbocycles. The van der Waals surface area contributed by atoms with E-state index >= 15 is 4.39 Å². The minimum absolute atomic E-state index is 0.0384. The fraction of sp³-hybridized carbons (Fsp3) is 0.0435. The number of fused-ring (bicyclic) bond motifs is 1. The van der Waals surface area contributed by atoms with Gasteiger partial charge in [0.05, 0.1) is 12.0 Å². The third-order valence-corrected chi connectivity index (χ3v) is 5.24. The van der Waals surface area contributed by atoms with Gasteiger partial charge in [0.2, 0.25) is 0 Å². The van der Waals surface area contributed by atoms with Crippen LogP contribution >= 0.6 is 11.6 Å². The lowest BCUT2D eigenvalue weighted by molar-refractivity contribution is -0.384. The maximum atomic E-state index is 15.2. The topological polar surface area (TPSA) is 52.4 Å². The van der Waals surface area contributed by atoms with Crippen molar-refractivity contribution < 1.29 is 14.1 Å². The summed E-state index contributed by atoms with van der Waals surface area (Å²) in [6.07, 6.45) is 0. The van der Waals surface area contributed by atoms with E-state index in [1.54, 1.807) is 24.3 Å². The van der Waals surface area contributed by atoms with Crippen LogP contribution in [-0.2, 0) is 0 Å². The van der Waals surface area contributed by atoms with Crippen molar-refractivity contribution in [2.45, 2.75) is 0 Å². The monoisotopic (exact) mass is 407 g/mol. The van der Waals surface area contributed by atoms with Gasteiger partial charge in [-0.1, -0.05) is 66.2 Å². The molecule has 0 radical (unpaired) electrons. The van der Waals surface area contributed by atoms with Crippen molar-refractivity contribution in [3.8, 4) is 28.0 Å². The predicted octanol–water partition coefficient (Wildman–Crippen LogP) is 6.88. The third-order valence-electron chi connectivity index (χ3n) is 4.84. The Balaban J connectivity index is 2.11. The summed E-state index contributed by atoms with van der Waals surface area (Å²) in [5.41, 5.74) is 1.45. The number of hydrogen-bond donors (Lipinski definition) is 0. The average Bonchev–Trinajstić information content (AvgIpc) is 2.73. The van der Waals surface area contributed by atoms with E-state index in [1.807, 2.05) is 30.3 Å². The van der Waals surface area contributed by atoms with Crippen molar-refractivity contribution in [3.05, 3.63) is 93.8 Å². The van der Waals surface area contributed by atoms with Gasteiger partial charge in [-0.05, 0) is 28.5 Å². The van der Waals surface area contributed by atoms with E-state index in [0.29, 0.717) is 22.4 Å². The van der Waals surface area contributed by atoms with Crippen LogP contribution in [0.15, 0.2) is 72.8 Å². The predicted molar refractivity (Wildman–Crippen MR) is 113 cm³/mol. The molecule has 0 N–H and O–H groups in total. The largest absolute Gasteiger partial charge is 0.496 e. The Bertz CT molecular complexity index is 1260. The molecule has 4 rings (SSSR count). The van der Waals surface area contributed by atoms with Crippen LogP contribution in [0.1, 0.15) is 0 Å². The molecule has 0 aliphatic carbocycles. The highest BCUT2D eigenvalue weighted by Crippen LogP contribution is 2.45. The van der Waals surface area contributed by atoms with Crippen molar-refractivity contribution >= 4 is 28.1 Å². The normalized spacial score (nSPS) is 10.9. The quantitative estimate of drug-likeness (QED) is 0.273. The Morgan fingerprint density at radius 3 is 2.38 bits per heavy atom. The molecule has 6 heteroatoms. The number of methoxy groups -OCH3 is 1. The fourth-order valence-electron chi connectivity index (χ4n) is 3.55. The molecule has 0 heterocycles. The number of nitrogens with zero attached hydrogens (tertiary/aromatic N) is 1. The summed E-state index contributed by atoms with van der Waals surface area (Å²) >= 11 is 6.35. The van der Waals surface area contributed by atoms with Gasteiger partial charge in [-0.3, -0.25) is 10.1 Å². The molecule has 0 fully saturated rings. The molecular formula is C23H15ClFNO3. The number of hydrogen-bond acceptors (Lipinski definition) is 3. The van der Waals surface area contributed by atoms with Gasteiger partial charge in [0.15, 0.2) is 0 Å². The smallest absolute Gasteiger partial charge is 0.288 e. The molecular weight excluding hydrogens is 393 g/mol. The highest BCUT2D eigenvalue weighted by atomic mass is 35.5. The van der Waals surface area contributed by atoms with Crippen LogP contribution in [0, 0.1) is 15.9 Å². The summed E-state index contributed by atoms with van der Waals surface area (Å²) in [7, 11) is 1.52. The summed E-state index contributed by atoms with van der Waals surface area (Å²) in [5, 5.41) is 13.0. The number of ether oxygens (including phenoxy) is 1. The van der Waals surface area contributed by atoms with Crippen LogP contribution < -0.4 is 4.74 Å². The van der Waals surface area contributed by atoms with Crippen molar-refractivity contribution in [3.63, 3.8) is 0 Å². The molecule has 144 valence electrons. The molecule has 4 nitrogen and oxygen atoms in total. The Morgan fingerprint density at radius 2 is 1.62 bits per heavy atom. The van der Waals surface area contributed by atoms with Crippen molar-refractivity contribution in [2.75, 3.05) is 7.11 Å². The second kappa shape index (κ2) is 7.53. The summed E-state index contributed by atoms with van der Waals surface area (Å²) < 4.78 is 20.8. The lowest BCUT2D eigenvalue weighted by atomic mass is 9.90. The Labute approximate surface area is 171 Å². The molecule has 0 aromatic heterocycles. The van der Waals surface area contributed by atoms with Gasteiger partial charge in [0.1, 0.15) is 16.6 Å². The number of halogens is 2. The van der Waals surface area contributed by atoms with Crippen molar-refractivity contribution in [1.82, 2.24) is 0 Å². The number of rotatable bonds is 4. The summed E-state index contributed by atoms with van der Waals surface area (Å²) in [6.45, 7) is 0. The molecule has 0 saturated heterocycles. The second-order valence-electron chi connectivity index (χ2n) is 6.42. The van der Waals surface area contributed by atoms with Crippen molar-refractivity contribution in [1.29, 1.82) is 0 Å². The third kappa shape index (κ3) is 3.19. The van der Waals surface area contributed by atoms with Crippen LogP contribution in [0.3, 0.4) is 0 Å². The summed E-state index contributed by atoms with van der Waals surface area (Å²) in [4.78, 5) is 10.8. The molecule has 0 spiro atoms. The maximum Gasteiger partial charge on any atom is 0.288 e. The van der Waals surface area contributed by atoms with E-state index in [0.717, 1.165) is 10.8 Å². The highest BCUT2D eigenvalue weighted by molar-refractivity contribution is 6.35. The first-order chi connectivity index (χ1) is 14.0. The highest BCUT2D eigenvalue weighted by Gasteiger charge is 2.23. The minimum Gasteiger partial charge on any atom is -0.496 e. The molecule has 29 heavy (non-hydrogen) atoms. The zero-order valence-electron chi connectivity index (χ0n) is 15.4. The zero-order chi connectivity index (χ0) is 20.5. The van der Waals surface area contributed by atoms with Gasteiger partial charge in [-0.15, -0.1) is 0 Å². The lowest BCUT2D eigenvalue weighted by Gasteiger charge is -2.17. The Hall–Kier alpha value is -3.44. The van der Waals surface area contributed by atoms with E-state index in [-0.39, 0.29) is 16.3 Å². The number of nitro benzene ring substituents is 1. The minimum atomic E-state index is -0.552. The molecule has 0 aliphatic rings. The van der Waals surface area contributed by atoms with E-state index < -0.39 is 10.7 Å². The first kappa shape index (κ1) is 18.9. The SMILES string of the molecule is COc1ccc2ccccc2c1-c1c(F)cccc1-c1cccc([N+](=O)[O-])c1Cl. The van der Waals surface area contributed by atoms with Gasteiger partial charge in [0.25, 0.3) is 5.69 Å². The molecule has 0 amide bonds. The number of nitro groups is 1. The zero-order valence-corrected chi connectivity index (χ0v) is 16.1. The van der Waals surface area contributed by atoms with Crippen LogP contribution in [-0.4, -0.2) is 12.0 Å². The first-order valence-corrected chi connectivity index (χ1v) is 9.18. The van der Waals surface area contributed by atoms with Gasteiger partial charge in [-0.2, -0.15) is 0 Å². The van der Waals surface area contributed by atoms with E-state index in [4.69, 9.17) is 16.3 Å². The molecule has 0 bridgehead atoms. The van der Waals surface area contributed by atoms with E-state index in [2.05, 4.69) is 0 Å². The summed E-state index contributed by atoms with van der Waals surface area (Å²) in [6, 6.07) is 20.4. The van der Waals surface area contributed by atoms with Gasteiger partial charge in [-0.25, -0.2) is 4.39 Å². The molecule has 0 aliphatic heterocycles. The maximum absolute atomic E-state index is 15.2. The number of benzene rings is 4. The van der Waals surface area contributed by atoms with Gasteiger partial charge < -0.3 is 4.74 Å². The van der Waals surface area contributed by atoms with E-state index in [9.17, 15) is 10.1 Å². The molecule has 0 atom stereocenters. The average molecular weight is 408 g/mol. The lowest BCUT2D eigenvalue weighted by Crippen LogP contribution is -1.97. The van der Waals surface area contributed by atoms with Crippen LogP contribution in [0.25, 0.3) is 33.0 Å². The Kier molecular flexibility index (Phi) is 4.91. The second-order valence-corrected chi connectivity index (χ2v) is 6.80. The fourth-order valence-corrected chi connectivity index (χ4v) is 3.85. The first-order valence-electron chi connectivity index (χ1n) is 8.81. The summed E-state index contributed by atoms with van der Waals surface area (Å²) in [5.74, 6) is 0.0244. The standard InChI is InChI=1S/C23H15ClFNO3/c1-29-20-13-12-14-6-2-3-7-15(14)22(20)21-16(8-4-10-18(21)25)17-9-5-11-19(23(17)24)26(27)28/h2-13H,1H3. The van der Waals surface area contributed by atoms with Crippen LogP contribution in [0.4, 0.5) is 10.1 Å². The molecule has 4 aromatic rings. The molecule has 0 unspecified atom stereocenters. The Morgan fingerprint density at radius 1 is 0.897 bits per heavy atom. The van der Waals surface area contributed by atoms with E-state index in [1.165, 1.54) is 25.3 Å². The van der Waals surface area contributed by atoms with Crippen LogP contribution in [0.2, 0.25) is 5.02 Å². The van der Waals surface area contributed by atoms with Gasteiger partial charge in [0, 0.05) is 22.8 Å². The van der Waals surface area contributed by atoms with Gasteiger partial charge >= 0.3 is 0 Å².